The van der Waals surface area contributed by atoms with Crippen LogP contribution in [0.3, 0.4) is 0 Å². The van der Waals surface area contributed by atoms with Crippen LogP contribution in [0.1, 0.15) is 207 Å². The van der Waals surface area contributed by atoms with Crippen LogP contribution in [0.4, 0.5) is 0 Å². The molecule has 19 nitrogen and oxygen atoms in total. The van der Waals surface area contributed by atoms with E-state index in [1.807, 2.05) is 20.8 Å². The molecule has 5 aliphatic rings. The molecule has 3 aliphatic carbocycles. The van der Waals surface area contributed by atoms with Crippen molar-refractivity contribution in [3.63, 3.8) is 0 Å². The summed E-state index contributed by atoms with van der Waals surface area (Å²) in [5.41, 5.74) is -9.55. The molecule has 78 heavy (non-hydrogen) atoms. The molecule has 3 saturated carbocycles. The fraction of sp³-hybridized carbons (Fsp3) is 0.864. The minimum atomic E-state index is -1.86. The van der Waals surface area contributed by atoms with E-state index in [9.17, 15) is 24.0 Å². The number of carbonyl (C=O) groups excluding carboxylic acids is 8. The van der Waals surface area contributed by atoms with Crippen LogP contribution in [-0.2, 0) is 90.5 Å². The zero-order valence-corrected chi connectivity index (χ0v) is 49.6. The van der Waals surface area contributed by atoms with E-state index < -0.39 is 124 Å². The average Bonchev–Trinajstić information content (AvgIpc) is 4.21. The zero-order chi connectivity index (χ0) is 58.2. The van der Waals surface area contributed by atoms with Gasteiger partial charge in [-0.3, -0.25) is 33.6 Å². The molecule has 13 unspecified atom stereocenters. The first-order chi connectivity index (χ1) is 36.3. The Bertz CT molecular complexity index is 2150. The van der Waals surface area contributed by atoms with E-state index in [2.05, 4.69) is 0 Å². The summed E-state index contributed by atoms with van der Waals surface area (Å²) in [5.74, 6) is -5.83. The number of hydrogen-bond donors (Lipinski definition) is 0. The van der Waals surface area contributed by atoms with Gasteiger partial charge in [-0.15, -0.1) is 0 Å². The van der Waals surface area contributed by atoms with Gasteiger partial charge >= 0.3 is 47.8 Å². The number of esters is 8. The second-order valence-corrected chi connectivity index (χ2v) is 25.6. The Morgan fingerprint density at radius 3 is 1.63 bits per heavy atom. The van der Waals surface area contributed by atoms with Gasteiger partial charge in [0.05, 0.1) is 64.8 Å². The van der Waals surface area contributed by atoms with Crippen LogP contribution in [0.2, 0.25) is 0 Å². The maximum absolute atomic E-state index is 15.7. The fourth-order valence-corrected chi connectivity index (χ4v) is 12.6. The van der Waals surface area contributed by atoms with Crippen molar-refractivity contribution in [2.75, 3.05) is 26.4 Å². The Morgan fingerprint density at radius 2 is 1.10 bits per heavy atom. The predicted molar refractivity (Wildman–Crippen MR) is 281 cm³/mol. The van der Waals surface area contributed by atoms with Gasteiger partial charge < -0.3 is 52.1 Å². The molecule has 0 radical (unpaired) electrons. The molecule has 0 amide bonds. The largest absolute Gasteiger partial charge is 0.463 e. The number of hydrogen-bond acceptors (Lipinski definition) is 19. The highest BCUT2D eigenvalue weighted by molar-refractivity contribution is 5.87. The van der Waals surface area contributed by atoms with E-state index in [4.69, 9.17) is 52.1 Å². The molecule has 0 aromatic rings. The van der Waals surface area contributed by atoms with Crippen LogP contribution < -0.4 is 0 Å². The Hall–Kier alpha value is -4.36. The molecule has 2 aliphatic heterocycles. The summed E-state index contributed by atoms with van der Waals surface area (Å²) < 4.78 is 64.7. The quantitative estimate of drug-likeness (QED) is 0.0264. The lowest BCUT2D eigenvalue weighted by molar-refractivity contribution is -0.198. The molecule has 13 atom stereocenters. The number of cyclic esters (lactones) is 1. The van der Waals surface area contributed by atoms with Gasteiger partial charge in [0.15, 0.2) is 18.9 Å². The lowest BCUT2D eigenvalue weighted by atomic mass is 9.59. The van der Waals surface area contributed by atoms with Crippen LogP contribution in [-0.4, -0.2) is 117 Å². The van der Waals surface area contributed by atoms with Crippen molar-refractivity contribution in [3.8, 4) is 0 Å². The Morgan fingerprint density at radius 1 is 0.590 bits per heavy atom. The van der Waals surface area contributed by atoms with Gasteiger partial charge in [0.2, 0.25) is 6.10 Å². The lowest BCUT2D eigenvalue weighted by Gasteiger charge is -2.45. The molecule has 19 heteroatoms. The summed E-state index contributed by atoms with van der Waals surface area (Å²) >= 11 is 0. The predicted octanol–water partition coefficient (Wildman–Crippen LogP) is 9.58. The molecular formula is C59H94O19. The van der Waals surface area contributed by atoms with Gasteiger partial charge in [-0.05, 0) is 172 Å². The normalized spacial score (nSPS) is 26.7. The number of carbonyl (C=O) groups is 8. The number of fused-ring (bicyclic) bond motifs is 1. The van der Waals surface area contributed by atoms with Gasteiger partial charge in [-0.2, -0.15) is 0 Å². The molecule has 444 valence electrons. The fourth-order valence-electron chi connectivity index (χ4n) is 12.6. The summed E-state index contributed by atoms with van der Waals surface area (Å²) in [6.07, 6.45) is -0.257. The molecule has 2 saturated heterocycles. The van der Waals surface area contributed by atoms with Gasteiger partial charge in [-0.1, -0.05) is 27.7 Å². The van der Waals surface area contributed by atoms with Gasteiger partial charge in [0.1, 0.15) is 17.8 Å². The van der Waals surface area contributed by atoms with Crippen molar-refractivity contribution in [1.29, 1.82) is 0 Å². The average molecular weight is 1110 g/mol. The molecule has 5 rings (SSSR count). The maximum atomic E-state index is 15.7. The molecule has 0 N–H and O–H groups in total. The molecular weight excluding hydrogens is 1010 g/mol. The van der Waals surface area contributed by atoms with Crippen molar-refractivity contribution < 1.29 is 90.5 Å². The Balaban J connectivity index is 1.53. The van der Waals surface area contributed by atoms with Crippen LogP contribution >= 0.6 is 0 Å². The zero-order valence-electron chi connectivity index (χ0n) is 49.6. The highest BCUT2D eigenvalue weighted by Gasteiger charge is 2.65. The first kappa shape index (κ1) is 64.5. The Labute approximate surface area is 462 Å². The monoisotopic (exact) mass is 1110 g/mol. The van der Waals surface area contributed by atoms with Crippen molar-refractivity contribution in [1.82, 2.24) is 0 Å². The second-order valence-electron chi connectivity index (χ2n) is 25.6. The number of ether oxygens (including phenoxy) is 11. The standard InChI is InChI=1S/C59H94O19/c1-16-26-68-36(5)73-49(64)55(12,18-3)33-57(14,50(65)74-38(7)70-28-22-27-69-37(6)72-47(62)53(8,9)17-2)35-58(15,52(67)77-43-39-30-40-41(31-39)45(60)76-44(40)43)34-56(13,51(66)75-42-23-29-71-46(42)61)32-54(10,11)48(63)78-59(19-4)24-20-21-25-59/h36-44H,16-35H2,1-15H3. The summed E-state index contributed by atoms with van der Waals surface area (Å²) in [5, 5.41) is 0. The van der Waals surface area contributed by atoms with Crippen molar-refractivity contribution in [2.45, 2.75) is 249 Å². The van der Waals surface area contributed by atoms with Gasteiger partial charge in [0.25, 0.3) is 0 Å². The third-order valence-corrected chi connectivity index (χ3v) is 17.5. The minimum absolute atomic E-state index is 0.0250. The smallest absolute Gasteiger partial charge is 0.347 e. The van der Waals surface area contributed by atoms with E-state index in [-0.39, 0.29) is 75.2 Å². The highest BCUT2D eigenvalue weighted by Crippen LogP contribution is 2.58. The molecule has 5 fully saturated rings. The summed E-state index contributed by atoms with van der Waals surface area (Å²) in [6, 6.07) is 0. The maximum Gasteiger partial charge on any atom is 0.347 e. The third kappa shape index (κ3) is 15.3. The van der Waals surface area contributed by atoms with E-state index in [1.165, 1.54) is 6.92 Å². The van der Waals surface area contributed by atoms with Gasteiger partial charge in [-0.25, -0.2) is 4.79 Å². The lowest BCUT2D eigenvalue weighted by Crippen LogP contribution is -2.51. The topological polar surface area (TPSA) is 238 Å². The first-order valence-electron chi connectivity index (χ1n) is 28.9. The Kier molecular flexibility index (Phi) is 21.5. The first-order valence-corrected chi connectivity index (χ1v) is 28.9. The molecule has 0 aromatic heterocycles. The molecule has 0 spiro atoms. The van der Waals surface area contributed by atoms with Crippen molar-refractivity contribution >= 4 is 47.8 Å². The van der Waals surface area contributed by atoms with Crippen LogP contribution in [0, 0.1) is 50.2 Å². The van der Waals surface area contributed by atoms with E-state index in [1.54, 1.807) is 76.2 Å². The van der Waals surface area contributed by atoms with E-state index >= 15 is 14.4 Å². The van der Waals surface area contributed by atoms with Crippen LogP contribution in [0.5, 0.6) is 0 Å². The SMILES string of the molecule is CCCOC(C)OC(=O)C(C)(CC)CC(C)(CC(C)(CC(C)(CC(C)(C)C(=O)OC1(CC)CCCC1)C(=O)OC1CCOC1=O)C(=O)OC1C2CC3C(=O)OC1C3C2)C(=O)OC(C)OCCCOC(C)OC(=O)C(C)(C)CC. The second kappa shape index (κ2) is 26.0. The summed E-state index contributed by atoms with van der Waals surface area (Å²) in [7, 11) is 0. The third-order valence-electron chi connectivity index (χ3n) is 17.5. The molecule has 2 heterocycles. The van der Waals surface area contributed by atoms with E-state index in [0.717, 1.165) is 12.8 Å². The van der Waals surface area contributed by atoms with E-state index in [0.29, 0.717) is 58.0 Å². The minimum Gasteiger partial charge on any atom is -0.463 e. The molecule has 0 aromatic carbocycles. The number of rotatable bonds is 32. The van der Waals surface area contributed by atoms with Crippen molar-refractivity contribution in [2.24, 2.45) is 50.2 Å². The van der Waals surface area contributed by atoms with Crippen LogP contribution in [0.15, 0.2) is 0 Å². The van der Waals surface area contributed by atoms with Crippen molar-refractivity contribution in [3.05, 3.63) is 0 Å². The molecule has 2 bridgehead atoms. The van der Waals surface area contributed by atoms with Crippen LogP contribution in [0.25, 0.3) is 0 Å². The summed E-state index contributed by atoms with van der Waals surface area (Å²) in [6.45, 7) is 26.2. The highest BCUT2D eigenvalue weighted by atomic mass is 16.7. The van der Waals surface area contributed by atoms with Gasteiger partial charge in [0, 0.05) is 18.3 Å². The summed E-state index contributed by atoms with van der Waals surface area (Å²) in [4.78, 5) is 113.